The Kier molecular flexibility index (Phi) is 5.38. The van der Waals surface area contributed by atoms with Crippen molar-refractivity contribution in [2.24, 2.45) is 0 Å². The average molecular weight is 259 g/mol. The van der Waals surface area contributed by atoms with Gasteiger partial charge in [0.2, 0.25) is 5.91 Å². The summed E-state index contributed by atoms with van der Waals surface area (Å²) >= 11 is 5.73. The highest BCUT2D eigenvalue weighted by atomic mass is 35.5. The summed E-state index contributed by atoms with van der Waals surface area (Å²) in [6.07, 6.45) is 0.291. The Labute approximate surface area is 105 Å². The molecule has 0 fully saturated rings. The second kappa shape index (κ2) is 6.57. The van der Waals surface area contributed by atoms with Gasteiger partial charge in [0.15, 0.2) is 0 Å². The molecule has 0 aliphatic carbocycles. The lowest BCUT2D eigenvalue weighted by atomic mass is 10.2. The molecule has 0 aromatic heterocycles. The van der Waals surface area contributed by atoms with E-state index in [-0.39, 0.29) is 17.6 Å². The maximum atomic E-state index is 13.3. The van der Waals surface area contributed by atoms with Gasteiger partial charge in [0.05, 0.1) is 5.69 Å². The normalized spacial score (nSPS) is 12.2. The Morgan fingerprint density at radius 1 is 1.53 bits per heavy atom. The van der Waals surface area contributed by atoms with E-state index in [4.69, 9.17) is 11.6 Å². The predicted molar refractivity (Wildman–Crippen MR) is 67.8 cm³/mol. The van der Waals surface area contributed by atoms with Gasteiger partial charge in [-0.15, -0.1) is 0 Å². The van der Waals surface area contributed by atoms with Crippen molar-refractivity contribution in [3.8, 4) is 0 Å². The number of nitrogens with one attached hydrogen (secondary N) is 2. The molecule has 5 heteroatoms. The van der Waals surface area contributed by atoms with E-state index in [1.807, 2.05) is 13.8 Å². The third kappa shape index (κ3) is 4.71. The van der Waals surface area contributed by atoms with Crippen LogP contribution >= 0.6 is 11.6 Å². The number of benzene rings is 1. The fourth-order valence-corrected chi connectivity index (χ4v) is 1.67. The van der Waals surface area contributed by atoms with Gasteiger partial charge in [-0.05, 0) is 31.7 Å². The molecule has 1 amide bonds. The second-order valence-corrected chi connectivity index (χ2v) is 4.27. The Balaban J connectivity index is 2.58. The van der Waals surface area contributed by atoms with E-state index in [2.05, 4.69) is 10.6 Å². The van der Waals surface area contributed by atoms with Gasteiger partial charge in [0.1, 0.15) is 5.82 Å². The molecule has 1 rings (SSSR count). The molecule has 1 unspecified atom stereocenters. The van der Waals surface area contributed by atoms with Gasteiger partial charge in [0.25, 0.3) is 0 Å². The molecule has 1 atom stereocenters. The van der Waals surface area contributed by atoms with Crippen LogP contribution in [0.15, 0.2) is 18.2 Å². The van der Waals surface area contributed by atoms with Crippen molar-refractivity contribution in [3.05, 3.63) is 29.0 Å². The third-order valence-electron chi connectivity index (χ3n) is 2.25. The van der Waals surface area contributed by atoms with E-state index >= 15 is 0 Å². The maximum Gasteiger partial charge on any atom is 0.226 e. The summed E-state index contributed by atoms with van der Waals surface area (Å²) in [5.74, 6) is -0.724. The zero-order chi connectivity index (χ0) is 12.8. The van der Waals surface area contributed by atoms with Crippen molar-refractivity contribution in [2.45, 2.75) is 26.3 Å². The summed E-state index contributed by atoms with van der Waals surface area (Å²) < 4.78 is 13.3. The SMILES string of the molecule is CCNC(C)CC(=O)Nc1cc(Cl)ccc1F. The first-order valence-corrected chi connectivity index (χ1v) is 5.89. The first-order chi connectivity index (χ1) is 8.02. The van der Waals surface area contributed by atoms with Crippen LogP contribution in [0.3, 0.4) is 0 Å². The van der Waals surface area contributed by atoms with Crippen molar-refractivity contribution in [1.29, 1.82) is 0 Å². The molecule has 1 aromatic rings. The van der Waals surface area contributed by atoms with Crippen molar-refractivity contribution >= 4 is 23.2 Å². The van der Waals surface area contributed by atoms with Gasteiger partial charge in [-0.25, -0.2) is 4.39 Å². The van der Waals surface area contributed by atoms with E-state index in [1.165, 1.54) is 18.2 Å². The van der Waals surface area contributed by atoms with E-state index < -0.39 is 5.82 Å². The summed E-state index contributed by atoms with van der Waals surface area (Å²) in [4.78, 5) is 11.6. The molecule has 94 valence electrons. The Hall–Kier alpha value is -1.13. The zero-order valence-electron chi connectivity index (χ0n) is 9.89. The molecule has 1 aromatic carbocycles. The quantitative estimate of drug-likeness (QED) is 0.853. The summed E-state index contributed by atoms with van der Waals surface area (Å²) in [7, 11) is 0. The van der Waals surface area contributed by atoms with E-state index in [9.17, 15) is 9.18 Å². The molecule has 17 heavy (non-hydrogen) atoms. The third-order valence-corrected chi connectivity index (χ3v) is 2.48. The number of hydrogen-bond donors (Lipinski definition) is 2. The lowest BCUT2D eigenvalue weighted by molar-refractivity contribution is -0.116. The Morgan fingerprint density at radius 2 is 2.24 bits per heavy atom. The molecule has 2 N–H and O–H groups in total. The summed E-state index contributed by atoms with van der Waals surface area (Å²) in [6, 6.07) is 4.12. The van der Waals surface area contributed by atoms with Crippen LogP contribution in [0.1, 0.15) is 20.3 Å². The first-order valence-electron chi connectivity index (χ1n) is 5.51. The van der Waals surface area contributed by atoms with Gasteiger partial charge in [-0.2, -0.15) is 0 Å². The fourth-order valence-electron chi connectivity index (χ4n) is 1.49. The van der Waals surface area contributed by atoms with Crippen LogP contribution in [0.2, 0.25) is 5.02 Å². The fraction of sp³-hybridized carbons (Fsp3) is 0.417. The largest absolute Gasteiger partial charge is 0.324 e. The molecule has 0 saturated carbocycles. The minimum Gasteiger partial charge on any atom is -0.324 e. The highest BCUT2D eigenvalue weighted by Gasteiger charge is 2.10. The monoisotopic (exact) mass is 258 g/mol. The average Bonchev–Trinajstić information content (AvgIpc) is 2.23. The van der Waals surface area contributed by atoms with Gasteiger partial charge >= 0.3 is 0 Å². The highest BCUT2D eigenvalue weighted by molar-refractivity contribution is 6.30. The van der Waals surface area contributed by atoms with Crippen LogP contribution in [0.5, 0.6) is 0 Å². The predicted octanol–water partition coefficient (Wildman–Crippen LogP) is 2.81. The molecule has 0 spiro atoms. The molecule has 0 heterocycles. The number of anilines is 1. The molecule has 0 aliphatic heterocycles. The number of carbonyl (C=O) groups is 1. The number of rotatable bonds is 5. The second-order valence-electron chi connectivity index (χ2n) is 3.84. The zero-order valence-corrected chi connectivity index (χ0v) is 10.6. The topological polar surface area (TPSA) is 41.1 Å². The van der Waals surface area contributed by atoms with Gasteiger partial charge in [-0.1, -0.05) is 18.5 Å². The number of halogens is 2. The molecule has 3 nitrogen and oxygen atoms in total. The highest BCUT2D eigenvalue weighted by Crippen LogP contribution is 2.19. The van der Waals surface area contributed by atoms with Crippen LogP contribution in [-0.2, 0) is 4.79 Å². The lowest BCUT2D eigenvalue weighted by Crippen LogP contribution is -2.30. The van der Waals surface area contributed by atoms with Crippen molar-refractivity contribution in [2.75, 3.05) is 11.9 Å². The van der Waals surface area contributed by atoms with E-state index in [0.29, 0.717) is 11.4 Å². The summed E-state index contributed by atoms with van der Waals surface area (Å²) in [5.41, 5.74) is 0.117. The van der Waals surface area contributed by atoms with Gasteiger partial charge < -0.3 is 10.6 Å². The Bertz CT molecular complexity index is 398. The summed E-state index contributed by atoms with van der Waals surface area (Å²) in [6.45, 7) is 4.66. The van der Waals surface area contributed by atoms with Crippen LogP contribution in [0.25, 0.3) is 0 Å². The van der Waals surface area contributed by atoms with E-state index in [0.717, 1.165) is 6.54 Å². The van der Waals surface area contributed by atoms with Crippen molar-refractivity contribution in [1.82, 2.24) is 5.32 Å². The molecule has 0 radical (unpaired) electrons. The number of hydrogen-bond acceptors (Lipinski definition) is 2. The summed E-state index contributed by atoms with van der Waals surface area (Å²) in [5, 5.41) is 6.00. The minimum atomic E-state index is -0.487. The molecule has 0 bridgehead atoms. The molecule has 0 aliphatic rings. The maximum absolute atomic E-state index is 13.3. The van der Waals surface area contributed by atoms with Crippen LogP contribution in [0.4, 0.5) is 10.1 Å². The molecule has 0 saturated heterocycles. The Morgan fingerprint density at radius 3 is 2.88 bits per heavy atom. The minimum absolute atomic E-state index is 0.0576. The van der Waals surface area contributed by atoms with Crippen LogP contribution < -0.4 is 10.6 Å². The van der Waals surface area contributed by atoms with Crippen molar-refractivity contribution < 1.29 is 9.18 Å². The smallest absolute Gasteiger partial charge is 0.226 e. The van der Waals surface area contributed by atoms with Crippen LogP contribution in [-0.4, -0.2) is 18.5 Å². The lowest BCUT2D eigenvalue weighted by Gasteiger charge is -2.12. The van der Waals surface area contributed by atoms with Crippen molar-refractivity contribution in [3.63, 3.8) is 0 Å². The number of carbonyl (C=O) groups excluding carboxylic acids is 1. The van der Waals surface area contributed by atoms with E-state index in [1.54, 1.807) is 0 Å². The van der Waals surface area contributed by atoms with Crippen LogP contribution in [0, 0.1) is 5.82 Å². The molecular weight excluding hydrogens is 243 g/mol. The number of amides is 1. The van der Waals surface area contributed by atoms with Gasteiger partial charge in [0, 0.05) is 17.5 Å². The van der Waals surface area contributed by atoms with Gasteiger partial charge in [-0.3, -0.25) is 4.79 Å². The standard InChI is InChI=1S/C12H16ClFN2O/c1-3-15-8(2)6-12(17)16-11-7-9(13)4-5-10(11)14/h4-5,7-8,15H,3,6H2,1-2H3,(H,16,17). The first kappa shape index (κ1) is 13.9. The molecular formula is C12H16ClFN2O.